The van der Waals surface area contributed by atoms with Crippen LogP contribution in [-0.2, 0) is 26.1 Å². The van der Waals surface area contributed by atoms with E-state index in [0.717, 1.165) is 22.0 Å². The van der Waals surface area contributed by atoms with Crippen LogP contribution in [0.2, 0.25) is 0 Å². The average molecular weight is 383 g/mol. The largest absolute Gasteiger partial charge is 0.465 e. The van der Waals surface area contributed by atoms with Crippen LogP contribution in [0.4, 0.5) is 8.78 Å². The van der Waals surface area contributed by atoms with E-state index in [1.165, 1.54) is 0 Å². The Hall–Kier alpha value is -2.32. The lowest BCUT2D eigenvalue weighted by atomic mass is 10.1. The number of halogens is 2. The van der Waals surface area contributed by atoms with Crippen LogP contribution in [0.5, 0.6) is 0 Å². The summed E-state index contributed by atoms with van der Waals surface area (Å²) in [7, 11) is -4.38. The third kappa shape index (κ3) is 4.86. The maximum Gasteiger partial charge on any atom is 0.321 e. The number of benzene rings is 2. The van der Waals surface area contributed by atoms with Crippen molar-refractivity contribution in [2.24, 2.45) is 0 Å². The fraction of sp³-hybridized carbons (Fsp3) is 0.278. The summed E-state index contributed by atoms with van der Waals surface area (Å²) in [6.07, 6.45) is 0. The van der Waals surface area contributed by atoms with E-state index in [0.29, 0.717) is 11.6 Å². The van der Waals surface area contributed by atoms with Crippen molar-refractivity contribution in [2.45, 2.75) is 25.3 Å². The number of hydrogen-bond acceptors (Lipinski definition) is 4. The highest BCUT2D eigenvalue weighted by molar-refractivity contribution is 7.89. The van der Waals surface area contributed by atoms with Crippen LogP contribution in [0.3, 0.4) is 0 Å². The van der Waals surface area contributed by atoms with E-state index in [1.54, 1.807) is 31.2 Å². The molecule has 0 heterocycles. The van der Waals surface area contributed by atoms with E-state index in [-0.39, 0.29) is 13.2 Å². The summed E-state index contributed by atoms with van der Waals surface area (Å²) in [5, 5.41) is 0. The van der Waals surface area contributed by atoms with Crippen molar-refractivity contribution in [2.75, 3.05) is 13.2 Å². The molecule has 0 unspecified atom stereocenters. The summed E-state index contributed by atoms with van der Waals surface area (Å²) < 4.78 is 58.4. The number of carbonyl (C=O) groups excluding carboxylic acids is 1. The zero-order chi connectivity index (χ0) is 19.3. The fourth-order valence-electron chi connectivity index (χ4n) is 2.30. The van der Waals surface area contributed by atoms with Crippen LogP contribution in [0.15, 0.2) is 47.4 Å². The van der Waals surface area contributed by atoms with Gasteiger partial charge in [0, 0.05) is 12.6 Å². The van der Waals surface area contributed by atoms with Crippen molar-refractivity contribution in [1.29, 1.82) is 0 Å². The minimum absolute atomic E-state index is 0.0855. The SMILES string of the molecule is CCOC(=O)CN(Cc1ccc(C)cc1)S(=O)(=O)c1ccc(F)cc1F. The number of aryl methyl sites for hydroxylation is 1. The normalized spacial score (nSPS) is 11.6. The second-order valence-electron chi connectivity index (χ2n) is 5.64. The Morgan fingerprint density at radius 3 is 2.35 bits per heavy atom. The topological polar surface area (TPSA) is 63.7 Å². The minimum atomic E-state index is -4.38. The lowest BCUT2D eigenvalue weighted by Gasteiger charge is -2.22. The summed E-state index contributed by atoms with van der Waals surface area (Å²) >= 11 is 0. The van der Waals surface area contributed by atoms with Gasteiger partial charge >= 0.3 is 5.97 Å². The molecule has 0 atom stereocenters. The molecular weight excluding hydrogens is 364 g/mol. The van der Waals surface area contributed by atoms with E-state index in [9.17, 15) is 22.0 Å². The van der Waals surface area contributed by atoms with Crippen LogP contribution in [0, 0.1) is 18.6 Å². The van der Waals surface area contributed by atoms with Crippen molar-refractivity contribution in [3.8, 4) is 0 Å². The van der Waals surface area contributed by atoms with Gasteiger partial charge in [-0.05, 0) is 31.5 Å². The number of nitrogens with zero attached hydrogens (tertiary/aromatic N) is 1. The number of rotatable bonds is 7. The zero-order valence-electron chi connectivity index (χ0n) is 14.4. The summed E-state index contributed by atoms with van der Waals surface area (Å²) in [5.74, 6) is -2.87. The molecule has 0 bridgehead atoms. The van der Waals surface area contributed by atoms with Crippen molar-refractivity contribution >= 4 is 16.0 Å². The molecule has 0 amide bonds. The van der Waals surface area contributed by atoms with Gasteiger partial charge in [-0.3, -0.25) is 4.79 Å². The van der Waals surface area contributed by atoms with Crippen LogP contribution in [0.25, 0.3) is 0 Å². The number of hydrogen-bond donors (Lipinski definition) is 0. The van der Waals surface area contributed by atoms with Gasteiger partial charge in [0.05, 0.1) is 6.61 Å². The van der Waals surface area contributed by atoms with Crippen molar-refractivity contribution < 1.29 is 26.7 Å². The molecule has 2 aromatic rings. The summed E-state index contributed by atoms with van der Waals surface area (Å²) in [6, 6.07) is 9.19. The smallest absolute Gasteiger partial charge is 0.321 e. The maximum atomic E-state index is 14.0. The molecule has 0 fully saturated rings. The zero-order valence-corrected chi connectivity index (χ0v) is 15.2. The van der Waals surface area contributed by atoms with E-state index >= 15 is 0 Å². The van der Waals surface area contributed by atoms with E-state index in [4.69, 9.17) is 4.74 Å². The van der Waals surface area contributed by atoms with Gasteiger partial charge in [0.15, 0.2) is 0 Å². The first-order valence-corrected chi connectivity index (χ1v) is 9.34. The van der Waals surface area contributed by atoms with Gasteiger partial charge in [-0.15, -0.1) is 0 Å². The van der Waals surface area contributed by atoms with E-state index < -0.39 is 39.1 Å². The third-order valence-corrected chi connectivity index (χ3v) is 5.43. The second-order valence-corrected chi connectivity index (χ2v) is 7.54. The van der Waals surface area contributed by atoms with Crippen LogP contribution < -0.4 is 0 Å². The molecule has 5 nitrogen and oxygen atoms in total. The highest BCUT2D eigenvalue weighted by Crippen LogP contribution is 2.22. The predicted molar refractivity (Wildman–Crippen MR) is 91.8 cm³/mol. The molecule has 0 aliphatic carbocycles. The van der Waals surface area contributed by atoms with E-state index in [1.807, 2.05) is 6.92 Å². The fourth-order valence-corrected chi connectivity index (χ4v) is 3.72. The van der Waals surface area contributed by atoms with Gasteiger partial charge in [0.2, 0.25) is 10.0 Å². The van der Waals surface area contributed by atoms with Crippen molar-refractivity contribution in [3.05, 3.63) is 65.2 Å². The molecule has 0 saturated carbocycles. The number of sulfonamides is 1. The Balaban J connectivity index is 2.40. The number of esters is 1. The molecule has 0 radical (unpaired) electrons. The third-order valence-electron chi connectivity index (χ3n) is 3.60. The van der Waals surface area contributed by atoms with Gasteiger partial charge in [0.1, 0.15) is 23.1 Å². The summed E-state index contributed by atoms with van der Waals surface area (Å²) in [6.45, 7) is 2.82. The second kappa shape index (κ2) is 8.37. The Morgan fingerprint density at radius 1 is 1.12 bits per heavy atom. The lowest BCUT2D eigenvalue weighted by molar-refractivity contribution is -0.143. The van der Waals surface area contributed by atoms with Gasteiger partial charge in [-0.2, -0.15) is 4.31 Å². The predicted octanol–water partition coefficient (Wildman–Crippen LogP) is 3.03. The van der Waals surface area contributed by atoms with Gasteiger partial charge in [-0.25, -0.2) is 17.2 Å². The Morgan fingerprint density at radius 2 is 1.77 bits per heavy atom. The first-order valence-electron chi connectivity index (χ1n) is 7.90. The lowest BCUT2D eigenvalue weighted by Crippen LogP contribution is -2.36. The highest BCUT2D eigenvalue weighted by atomic mass is 32.2. The Bertz CT molecular complexity index is 883. The standard InChI is InChI=1S/C18H19F2NO4S/c1-3-25-18(22)12-21(11-14-6-4-13(2)5-7-14)26(23,24)17-9-8-15(19)10-16(17)20/h4-10H,3,11-12H2,1-2H3. The number of ether oxygens (including phenoxy) is 1. The molecule has 0 aromatic heterocycles. The van der Waals surface area contributed by atoms with Crippen LogP contribution in [0.1, 0.15) is 18.1 Å². The van der Waals surface area contributed by atoms with Crippen LogP contribution >= 0.6 is 0 Å². The molecule has 2 aromatic carbocycles. The first-order chi connectivity index (χ1) is 12.2. The van der Waals surface area contributed by atoms with Crippen molar-refractivity contribution in [3.63, 3.8) is 0 Å². The minimum Gasteiger partial charge on any atom is -0.465 e. The molecule has 0 saturated heterocycles. The average Bonchev–Trinajstić information content (AvgIpc) is 2.56. The van der Waals surface area contributed by atoms with E-state index in [2.05, 4.69) is 0 Å². The Kier molecular flexibility index (Phi) is 6.44. The molecule has 26 heavy (non-hydrogen) atoms. The van der Waals surface area contributed by atoms with Crippen molar-refractivity contribution in [1.82, 2.24) is 4.31 Å². The van der Waals surface area contributed by atoms with Gasteiger partial charge in [0.25, 0.3) is 0 Å². The summed E-state index contributed by atoms with van der Waals surface area (Å²) in [5.41, 5.74) is 1.60. The molecule has 0 aliphatic rings. The molecule has 140 valence electrons. The highest BCUT2D eigenvalue weighted by Gasteiger charge is 2.30. The van der Waals surface area contributed by atoms with Crippen LogP contribution in [-0.4, -0.2) is 31.8 Å². The van der Waals surface area contributed by atoms with Gasteiger partial charge in [-0.1, -0.05) is 29.8 Å². The number of carbonyl (C=O) groups is 1. The molecule has 0 aliphatic heterocycles. The molecule has 8 heteroatoms. The molecule has 2 rings (SSSR count). The molecular formula is C18H19F2NO4S. The Labute approximate surface area is 151 Å². The monoisotopic (exact) mass is 383 g/mol. The quantitative estimate of drug-likeness (QED) is 0.690. The maximum absolute atomic E-state index is 14.0. The molecule has 0 spiro atoms. The van der Waals surface area contributed by atoms with Gasteiger partial charge < -0.3 is 4.74 Å². The first kappa shape index (κ1) is 20.0. The summed E-state index contributed by atoms with van der Waals surface area (Å²) in [4.78, 5) is 11.1. The molecule has 0 N–H and O–H groups in total.